The van der Waals surface area contributed by atoms with Crippen LogP contribution in [0.25, 0.3) is 0 Å². The fourth-order valence-electron chi connectivity index (χ4n) is 2.34. The summed E-state index contributed by atoms with van der Waals surface area (Å²) in [5, 5.41) is 12.9. The Labute approximate surface area is 112 Å². The smallest absolute Gasteiger partial charge is 0.268 e. The summed E-state index contributed by atoms with van der Waals surface area (Å²) in [6.45, 7) is 2.31. The molecule has 1 aromatic heterocycles. The number of ether oxygens (including phenoxy) is 1. The average molecular weight is 267 g/mol. The highest BCUT2D eigenvalue weighted by Gasteiger charge is 2.19. The third-order valence-electron chi connectivity index (χ3n) is 3.52. The van der Waals surface area contributed by atoms with Crippen LogP contribution in [0.2, 0.25) is 0 Å². The van der Waals surface area contributed by atoms with Gasteiger partial charge in [-0.05, 0) is 19.3 Å². The van der Waals surface area contributed by atoms with Gasteiger partial charge in [0, 0.05) is 39.4 Å². The van der Waals surface area contributed by atoms with Crippen LogP contribution in [0, 0.1) is 0 Å². The third-order valence-corrected chi connectivity index (χ3v) is 3.52. The number of anilines is 1. The van der Waals surface area contributed by atoms with Gasteiger partial charge in [0.2, 0.25) is 0 Å². The summed E-state index contributed by atoms with van der Waals surface area (Å²) >= 11 is 0. The number of rotatable bonds is 5. The molecule has 1 fully saturated rings. The maximum Gasteiger partial charge on any atom is 0.268 e. The number of aromatic nitrogens is 2. The molecule has 0 amide bonds. The van der Waals surface area contributed by atoms with Crippen LogP contribution in [0.15, 0.2) is 17.1 Å². The topological polar surface area (TPSA) is 67.6 Å². The van der Waals surface area contributed by atoms with Crippen molar-refractivity contribution >= 4 is 5.69 Å². The molecule has 0 spiro atoms. The fraction of sp³-hybridized carbons (Fsp3) is 0.692. The molecule has 0 aromatic carbocycles. The summed E-state index contributed by atoms with van der Waals surface area (Å²) in [7, 11) is 1.74. The highest BCUT2D eigenvalue weighted by atomic mass is 16.5. The number of hydrogen-bond donors (Lipinski definition) is 1. The van der Waals surface area contributed by atoms with E-state index in [1.165, 1.54) is 4.68 Å². The van der Waals surface area contributed by atoms with Gasteiger partial charge >= 0.3 is 0 Å². The highest BCUT2D eigenvalue weighted by molar-refractivity contribution is 5.43. The van der Waals surface area contributed by atoms with Crippen LogP contribution in [0.4, 0.5) is 5.69 Å². The van der Waals surface area contributed by atoms with Gasteiger partial charge in [0.15, 0.2) is 0 Å². The number of aryl methyl sites for hydroxylation is 1. The van der Waals surface area contributed by atoms with Crippen molar-refractivity contribution in [1.82, 2.24) is 9.78 Å². The molecule has 1 N–H and O–H groups in total. The zero-order valence-corrected chi connectivity index (χ0v) is 11.3. The van der Waals surface area contributed by atoms with Crippen LogP contribution in [-0.4, -0.2) is 47.8 Å². The monoisotopic (exact) mass is 267 g/mol. The standard InChI is InChI=1S/C13H21N3O3/c1-19-12-3-6-15(7-4-12)11-9-13(18)16(14-10-11)5-2-8-17/h9-10,12,17H,2-8H2,1H3. The molecule has 0 atom stereocenters. The number of nitrogens with zero attached hydrogens (tertiary/aromatic N) is 3. The molecule has 106 valence electrons. The quantitative estimate of drug-likeness (QED) is 0.828. The lowest BCUT2D eigenvalue weighted by atomic mass is 10.1. The van der Waals surface area contributed by atoms with Crippen LogP contribution >= 0.6 is 0 Å². The van der Waals surface area contributed by atoms with Gasteiger partial charge in [-0.2, -0.15) is 5.10 Å². The molecule has 0 aliphatic carbocycles. The molecule has 1 aliphatic heterocycles. The van der Waals surface area contributed by atoms with Crippen molar-refractivity contribution in [1.29, 1.82) is 0 Å². The van der Waals surface area contributed by atoms with Gasteiger partial charge in [-0.15, -0.1) is 0 Å². The van der Waals surface area contributed by atoms with Crippen molar-refractivity contribution in [2.24, 2.45) is 0 Å². The predicted octanol–water partition coefficient (Wildman–Crippen LogP) is 0.241. The van der Waals surface area contributed by atoms with Crippen molar-refractivity contribution in [2.45, 2.75) is 31.9 Å². The van der Waals surface area contributed by atoms with Crippen molar-refractivity contribution < 1.29 is 9.84 Å². The molecule has 6 heteroatoms. The van der Waals surface area contributed by atoms with Crippen molar-refractivity contribution in [3.63, 3.8) is 0 Å². The predicted molar refractivity (Wildman–Crippen MR) is 72.4 cm³/mol. The zero-order chi connectivity index (χ0) is 13.7. The maximum atomic E-state index is 11.9. The van der Waals surface area contributed by atoms with Gasteiger partial charge in [0.05, 0.1) is 18.0 Å². The number of methoxy groups -OCH3 is 1. The molecule has 1 aromatic rings. The molecular weight excluding hydrogens is 246 g/mol. The number of hydrogen-bond acceptors (Lipinski definition) is 5. The Morgan fingerprint density at radius 1 is 1.47 bits per heavy atom. The average Bonchev–Trinajstić information content (AvgIpc) is 2.46. The first-order valence-electron chi connectivity index (χ1n) is 6.70. The molecule has 2 rings (SSSR count). The Hall–Kier alpha value is -1.40. The molecular formula is C13H21N3O3. The van der Waals surface area contributed by atoms with Crippen LogP contribution in [-0.2, 0) is 11.3 Å². The molecule has 2 heterocycles. The Morgan fingerprint density at radius 2 is 2.21 bits per heavy atom. The fourth-order valence-corrected chi connectivity index (χ4v) is 2.34. The first kappa shape index (κ1) is 14.0. The van der Waals surface area contributed by atoms with Gasteiger partial charge in [-0.3, -0.25) is 4.79 Å². The van der Waals surface area contributed by atoms with E-state index in [0.717, 1.165) is 31.6 Å². The molecule has 0 saturated carbocycles. The van der Waals surface area contributed by atoms with E-state index in [0.29, 0.717) is 19.1 Å². The Morgan fingerprint density at radius 3 is 2.79 bits per heavy atom. The molecule has 0 unspecified atom stereocenters. The summed E-state index contributed by atoms with van der Waals surface area (Å²) in [5.74, 6) is 0. The second-order valence-electron chi connectivity index (χ2n) is 4.77. The minimum absolute atomic E-state index is 0.0698. The maximum absolute atomic E-state index is 11.9. The van der Waals surface area contributed by atoms with E-state index in [2.05, 4.69) is 10.00 Å². The second-order valence-corrected chi connectivity index (χ2v) is 4.77. The summed E-state index contributed by atoms with van der Waals surface area (Å²) in [6, 6.07) is 1.62. The molecule has 0 radical (unpaired) electrons. The molecule has 1 aliphatic rings. The lowest BCUT2D eigenvalue weighted by Crippen LogP contribution is -2.37. The van der Waals surface area contributed by atoms with E-state index in [1.807, 2.05) is 0 Å². The summed E-state index contributed by atoms with van der Waals surface area (Å²) < 4.78 is 6.72. The van der Waals surface area contributed by atoms with Crippen LogP contribution < -0.4 is 10.5 Å². The largest absolute Gasteiger partial charge is 0.396 e. The summed E-state index contributed by atoms with van der Waals surface area (Å²) in [5.41, 5.74) is 0.764. The van der Waals surface area contributed by atoms with Gasteiger partial charge in [-0.1, -0.05) is 0 Å². The molecule has 0 bridgehead atoms. The molecule has 1 saturated heterocycles. The minimum atomic E-state index is -0.111. The van der Waals surface area contributed by atoms with Crippen LogP contribution in [0.3, 0.4) is 0 Å². The van der Waals surface area contributed by atoms with Gasteiger partial charge in [-0.25, -0.2) is 4.68 Å². The first-order valence-corrected chi connectivity index (χ1v) is 6.70. The molecule has 19 heavy (non-hydrogen) atoms. The van der Waals surface area contributed by atoms with E-state index >= 15 is 0 Å². The van der Waals surface area contributed by atoms with Gasteiger partial charge < -0.3 is 14.7 Å². The number of piperidine rings is 1. The van der Waals surface area contributed by atoms with Crippen LogP contribution in [0.5, 0.6) is 0 Å². The van der Waals surface area contributed by atoms with Crippen molar-refractivity contribution in [3.05, 3.63) is 22.6 Å². The normalized spacial score (nSPS) is 16.8. The van der Waals surface area contributed by atoms with E-state index in [4.69, 9.17) is 9.84 Å². The van der Waals surface area contributed by atoms with E-state index < -0.39 is 0 Å². The van der Waals surface area contributed by atoms with E-state index in [-0.39, 0.29) is 12.2 Å². The highest BCUT2D eigenvalue weighted by Crippen LogP contribution is 2.18. The Kier molecular flexibility index (Phi) is 4.93. The zero-order valence-electron chi connectivity index (χ0n) is 11.3. The van der Waals surface area contributed by atoms with Crippen molar-refractivity contribution in [3.8, 4) is 0 Å². The second kappa shape index (κ2) is 6.68. The first-order chi connectivity index (χ1) is 9.24. The van der Waals surface area contributed by atoms with Crippen LogP contribution in [0.1, 0.15) is 19.3 Å². The minimum Gasteiger partial charge on any atom is -0.396 e. The number of aliphatic hydroxyl groups excluding tert-OH is 1. The Balaban J connectivity index is 2.02. The van der Waals surface area contributed by atoms with Crippen molar-refractivity contribution in [2.75, 3.05) is 31.7 Å². The SMILES string of the molecule is COC1CCN(c2cnn(CCCO)c(=O)c2)CC1. The Bertz CT molecular complexity index is 453. The van der Waals surface area contributed by atoms with E-state index in [1.54, 1.807) is 19.4 Å². The lowest BCUT2D eigenvalue weighted by molar-refractivity contribution is 0.0819. The van der Waals surface area contributed by atoms with Gasteiger partial charge in [0.1, 0.15) is 0 Å². The lowest BCUT2D eigenvalue weighted by Gasteiger charge is -2.32. The summed E-state index contributed by atoms with van der Waals surface area (Å²) in [4.78, 5) is 14.0. The van der Waals surface area contributed by atoms with Gasteiger partial charge in [0.25, 0.3) is 5.56 Å². The number of aliphatic hydroxyl groups is 1. The molecule has 6 nitrogen and oxygen atoms in total. The summed E-state index contributed by atoms with van der Waals surface area (Å²) in [6.07, 6.45) is 4.56. The third kappa shape index (κ3) is 3.54. The van der Waals surface area contributed by atoms with E-state index in [9.17, 15) is 4.79 Å².